The highest BCUT2D eigenvalue weighted by Crippen LogP contribution is 2.31. The summed E-state index contributed by atoms with van der Waals surface area (Å²) in [5.41, 5.74) is 2.82. The van der Waals surface area contributed by atoms with Crippen molar-refractivity contribution in [2.45, 2.75) is 40.0 Å². The Morgan fingerprint density at radius 2 is 2.05 bits per heavy atom. The van der Waals surface area contributed by atoms with E-state index in [1.807, 2.05) is 12.1 Å². The quantitative estimate of drug-likeness (QED) is 0.897. The molecule has 0 atom stereocenters. The minimum atomic E-state index is -3.29. The van der Waals surface area contributed by atoms with Crippen LogP contribution in [0.25, 0.3) is 0 Å². The van der Waals surface area contributed by atoms with Gasteiger partial charge in [-0.15, -0.1) is 0 Å². The van der Waals surface area contributed by atoms with Crippen LogP contribution in [-0.2, 0) is 16.4 Å². The highest BCUT2D eigenvalue weighted by Gasteiger charge is 2.20. The Labute approximate surface area is 122 Å². The molecule has 20 heavy (non-hydrogen) atoms. The van der Waals surface area contributed by atoms with E-state index in [-0.39, 0.29) is 11.2 Å². The Hall–Kier alpha value is -1.23. The van der Waals surface area contributed by atoms with Crippen LogP contribution in [0.5, 0.6) is 0 Å². The van der Waals surface area contributed by atoms with E-state index in [2.05, 4.69) is 36.9 Å². The van der Waals surface area contributed by atoms with E-state index in [1.165, 1.54) is 5.56 Å². The standard InChI is InChI=1S/C15H24N2O2S/c1-15(2,3)9-11-20(18,19)17-13-8-4-6-12-7-5-10-16-14(12)13/h4,6,8,16-17H,5,7,9-11H2,1-3H3. The average Bonchev–Trinajstić information content (AvgIpc) is 2.36. The highest BCUT2D eigenvalue weighted by atomic mass is 32.2. The normalized spacial score (nSPS) is 15.3. The van der Waals surface area contributed by atoms with Gasteiger partial charge in [-0.05, 0) is 36.3 Å². The zero-order chi connectivity index (χ0) is 14.8. The summed E-state index contributed by atoms with van der Waals surface area (Å²) in [7, 11) is -3.29. The van der Waals surface area contributed by atoms with Crippen LogP contribution in [0.4, 0.5) is 11.4 Å². The van der Waals surface area contributed by atoms with Gasteiger partial charge in [-0.3, -0.25) is 4.72 Å². The van der Waals surface area contributed by atoms with Gasteiger partial charge in [-0.25, -0.2) is 8.42 Å². The molecule has 2 rings (SSSR count). The summed E-state index contributed by atoms with van der Waals surface area (Å²) in [6, 6.07) is 5.79. The van der Waals surface area contributed by atoms with Gasteiger partial charge in [0.2, 0.25) is 10.0 Å². The number of sulfonamides is 1. The molecule has 5 heteroatoms. The van der Waals surface area contributed by atoms with Crippen LogP contribution in [0, 0.1) is 5.41 Å². The summed E-state index contributed by atoms with van der Waals surface area (Å²) in [5.74, 6) is 0.153. The van der Waals surface area contributed by atoms with Crippen molar-refractivity contribution in [3.63, 3.8) is 0 Å². The van der Waals surface area contributed by atoms with E-state index in [1.54, 1.807) is 0 Å². The van der Waals surface area contributed by atoms with E-state index in [4.69, 9.17) is 0 Å². The molecule has 1 aliphatic rings. The SMILES string of the molecule is CC(C)(C)CCS(=O)(=O)Nc1cccc2c1NCCC2. The molecule has 4 nitrogen and oxygen atoms in total. The third-order valence-corrected chi connectivity index (χ3v) is 4.73. The van der Waals surface area contributed by atoms with E-state index >= 15 is 0 Å². The van der Waals surface area contributed by atoms with Crippen LogP contribution in [0.2, 0.25) is 0 Å². The first-order valence-electron chi connectivity index (χ1n) is 7.13. The second kappa shape index (κ2) is 5.64. The maximum absolute atomic E-state index is 12.2. The zero-order valence-electron chi connectivity index (χ0n) is 12.5. The Morgan fingerprint density at radius 3 is 2.75 bits per heavy atom. The van der Waals surface area contributed by atoms with Gasteiger partial charge in [0.1, 0.15) is 0 Å². The lowest BCUT2D eigenvalue weighted by Crippen LogP contribution is -2.22. The predicted octanol–water partition coefficient (Wildman–Crippen LogP) is 3.22. The summed E-state index contributed by atoms with van der Waals surface area (Å²) in [6.45, 7) is 7.05. The van der Waals surface area contributed by atoms with Gasteiger partial charge in [-0.1, -0.05) is 32.9 Å². The second-order valence-corrected chi connectivity index (χ2v) is 8.44. The second-order valence-electron chi connectivity index (χ2n) is 6.60. The maximum atomic E-state index is 12.2. The van der Waals surface area contributed by atoms with Crippen molar-refractivity contribution in [1.29, 1.82) is 0 Å². The molecule has 0 amide bonds. The third-order valence-electron chi connectivity index (χ3n) is 3.46. The van der Waals surface area contributed by atoms with Crippen LogP contribution in [0.15, 0.2) is 18.2 Å². The summed E-state index contributed by atoms with van der Waals surface area (Å²) < 4.78 is 27.1. The van der Waals surface area contributed by atoms with Crippen molar-refractivity contribution in [1.82, 2.24) is 0 Å². The molecule has 0 radical (unpaired) electrons. The van der Waals surface area contributed by atoms with Crippen molar-refractivity contribution in [2.24, 2.45) is 5.41 Å². The Bertz CT molecular complexity index is 574. The Morgan fingerprint density at radius 1 is 1.30 bits per heavy atom. The lowest BCUT2D eigenvalue weighted by molar-refractivity contribution is 0.397. The molecule has 0 aromatic heterocycles. The molecule has 1 aliphatic heterocycles. The number of hydrogen-bond acceptors (Lipinski definition) is 3. The molecule has 0 saturated carbocycles. The van der Waals surface area contributed by atoms with Crippen molar-refractivity contribution >= 4 is 21.4 Å². The average molecular weight is 296 g/mol. The fourth-order valence-electron chi connectivity index (χ4n) is 2.25. The smallest absolute Gasteiger partial charge is 0.232 e. The van der Waals surface area contributed by atoms with Crippen molar-refractivity contribution in [3.05, 3.63) is 23.8 Å². The van der Waals surface area contributed by atoms with Gasteiger partial charge in [0, 0.05) is 6.54 Å². The Balaban J connectivity index is 2.13. The molecule has 0 aliphatic carbocycles. The number of anilines is 2. The van der Waals surface area contributed by atoms with Gasteiger partial charge >= 0.3 is 0 Å². The predicted molar refractivity (Wildman–Crippen MR) is 84.7 cm³/mol. The van der Waals surface area contributed by atoms with E-state index in [0.717, 1.165) is 25.1 Å². The van der Waals surface area contributed by atoms with Crippen molar-refractivity contribution < 1.29 is 8.42 Å². The number of aryl methyl sites for hydroxylation is 1. The molecule has 1 heterocycles. The van der Waals surface area contributed by atoms with E-state index in [9.17, 15) is 8.42 Å². The summed E-state index contributed by atoms with van der Waals surface area (Å²) in [4.78, 5) is 0. The fourth-order valence-corrected chi connectivity index (χ4v) is 3.74. The van der Waals surface area contributed by atoms with Gasteiger partial charge in [0.15, 0.2) is 0 Å². The molecule has 1 aromatic carbocycles. The number of para-hydroxylation sites is 1. The number of nitrogens with one attached hydrogen (secondary N) is 2. The first-order chi connectivity index (χ1) is 9.27. The van der Waals surface area contributed by atoms with Crippen LogP contribution in [0.3, 0.4) is 0 Å². The van der Waals surface area contributed by atoms with E-state index < -0.39 is 10.0 Å². The summed E-state index contributed by atoms with van der Waals surface area (Å²) >= 11 is 0. The molecule has 0 fully saturated rings. The van der Waals surface area contributed by atoms with E-state index in [0.29, 0.717) is 12.1 Å². The number of fused-ring (bicyclic) bond motifs is 1. The lowest BCUT2D eigenvalue weighted by Gasteiger charge is -2.22. The van der Waals surface area contributed by atoms with Gasteiger partial charge in [0.05, 0.1) is 17.1 Å². The molecule has 2 N–H and O–H groups in total. The third kappa shape index (κ3) is 4.13. The molecule has 112 valence electrons. The molecular formula is C15H24N2O2S. The fraction of sp³-hybridized carbons (Fsp3) is 0.600. The van der Waals surface area contributed by atoms with Crippen molar-refractivity contribution in [2.75, 3.05) is 22.3 Å². The molecule has 0 spiro atoms. The van der Waals surface area contributed by atoms with Gasteiger partial charge in [0.25, 0.3) is 0 Å². The topological polar surface area (TPSA) is 58.2 Å². The number of rotatable bonds is 4. The Kier molecular flexibility index (Phi) is 4.28. The molecule has 1 aromatic rings. The molecule has 0 unspecified atom stereocenters. The highest BCUT2D eigenvalue weighted by molar-refractivity contribution is 7.92. The summed E-state index contributed by atoms with van der Waals surface area (Å²) in [5, 5.41) is 3.30. The largest absolute Gasteiger partial charge is 0.383 e. The minimum Gasteiger partial charge on any atom is -0.383 e. The first-order valence-corrected chi connectivity index (χ1v) is 8.78. The van der Waals surface area contributed by atoms with Crippen LogP contribution in [0.1, 0.15) is 39.2 Å². The van der Waals surface area contributed by atoms with Crippen LogP contribution < -0.4 is 10.0 Å². The van der Waals surface area contributed by atoms with Crippen molar-refractivity contribution in [3.8, 4) is 0 Å². The van der Waals surface area contributed by atoms with Gasteiger partial charge < -0.3 is 5.32 Å². The molecule has 0 saturated heterocycles. The monoisotopic (exact) mass is 296 g/mol. The zero-order valence-corrected chi connectivity index (χ0v) is 13.3. The number of benzene rings is 1. The first kappa shape index (κ1) is 15.2. The molecule has 0 bridgehead atoms. The number of hydrogen-bond donors (Lipinski definition) is 2. The maximum Gasteiger partial charge on any atom is 0.232 e. The van der Waals surface area contributed by atoms with Gasteiger partial charge in [-0.2, -0.15) is 0 Å². The summed E-state index contributed by atoms with van der Waals surface area (Å²) in [6.07, 6.45) is 2.73. The molecular weight excluding hydrogens is 272 g/mol. The van der Waals surface area contributed by atoms with Crippen LogP contribution >= 0.6 is 0 Å². The lowest BCUT2D eigenvalue weighted by atomic mass is 9.94. The van der Waals surface area contributed by atoms with Crippen LogP contribution in [-0.4, -0.2) is 20.7 Å². The minimum absolute atomic E-state index is 0.0170.